The maximum absolute atomic E-state index is 10.5. The molecule has 0 atom stereocenters. The lowest BCUT2D eigenvalue weighted by atomic mass is 10.1. The van der Waals surface area contributed by atoms with Gasteiger partial charge in [-0.1, -0.05) is 12.1 Å². The molecule has 1 aromatic rings. The molecule has 0 aliphatic carbocycles. The molecular weight excluding hydrogens is 234 g/mol. The minimum Gasteiger partial charge on any atom is -0.478 e. The van der Waals surface area contributed by atoms with Crippen molar-refractivity contribution in [3.05, 3.63) is 35.4 Å². The lowest BCUT2D eigenvalue weighted by Gasteiger charge is -2.01. The molecule has 0 saturated carbocycles. The van der Waals surface area contributed by atoms with Gasteiger partial charge in [-0.2, -0.15) is 0 Å². The molecular formula is C13H17NO4. The molecule has 1 saturated heterocycles. The molecule has 0 bridgehead atoms. The predicted octanol–water partition coefficient (Wildman–Crippen LogP) is 1.80. The largest absolute Gasteiger partial charge is 0.478 e. The van der Waals surface area contributed by atoms with Gasteiger partial charge in [-0.05, 0) is 45.1 Å². The van der Waals surface area contributed by atoms with E-state index in [0.717, 1.165) is 0 Å². The molecule has 0 aromatic heterocycles. The third-order valence-electron chi connectivity index (χ3n) is 2.72. The molecule has 5 nitrogen and oxygen atoms in total. The van der Waals surface area contributed by atoms with Crippen molar-refractivity contribution in [2.24, 2.45) is 0 Å². The van der Waals surface area contributed by atoms with E-state index in [-0.39, 0.29) is 11.1 Å². The van der Waals surface area contributed by atoms with Crippen molar-refractivity contribution in [3.8, 4) is 0 Å². The summed E-state index contributed by atoms with van der Waals surface area (Å²) in [6.07, 6.45) is 2.83. The quantitative estimate of drug-likeness (QED) is 0.838. The number of hydrogen-bond donors (Lipinski definition) is 2. The maximum atomic E-state index is 10.5. The Morgan fingerprint density at radius 2 is 1.39 bits per heavy atom. The monoisotopic (exact) mass is 251 g/mol. The van der Waals surface area contributed by atoms with Gasteiger partial charge >= 0.3 is 11.9 Å². The van der Waals surface area contributed by atoms with E-state index in [9.17, 15) is 9.59 Å². The highest BCUT2D eigenvalue weighted by molar-refractivity contribution is 6.01. The smallest absolute Gasteiger partial charge is 0.336 e. The average Bonchev–Trinajstić information content (AvgIpc) is 2.81. The Morgan fingerprint density at radius 1 is 1.00 bits per heavy atom. The first kappa shape index (κ1) is 14.2. The van der Waals surface area contributed by atoms with Gasteiger partial charge in [-0.3, -0.25) is 0 Å². The molecule has 1 aliphatic rings. The van der Waals surface area contributed by atoms with E-state index in [2.05, 4.69) is 11.9 Å². The van der Waals surface area contributed by atoms with Crippen molar-refractivity contribution < 1.29 is 19.8 Å². The van der Waals surface area contributed by atoms with E-state index in [1.165, 1.54) is 50.2 Å². The van der Waals surface area contributed by atoms with Crippen LogP contribution in [0, 0.1) is 0 Å². The summed E-state index contributed by atoms with van der Waals surface area (Å²) in [5.41, 5.74) is -0.380. The molecule has 0 spiro atoms. The van der Waals surface area contributed by atoms with Crippen LogP contribution in [0.4, 0.5) is 0 Å². The zero-order chi connectivity index (χ0) is 13.5. The minimum absolute atomic E-state index is 0.190. The molecule has 0 radical (unpaired) electrons. The van der Waals surface area contributed by atoms with Crippen LogP contribution in [0.5, 0.6) is 0 Å². The summed E-state index contributed by atoms with van der Waals surface area (Å²) in [6, 6.07) is 5.48. The first-order valence-corrected chi connectivity index (χ1v) is 5.76. The molecule has 0 amide bonds. The molecule has 0 unspecified atom stereocenters. The molecule has 5 heteroatoms. The van der Waals surface area contributed by atoms with Crippen molar-refractivity contribution in [3.63, 3.8) is 0 Å². The average molecular weight is 251 g/mol. The number of aromatic carboxylic acids is 2. The number of likely N-dealkylation sites (tertiary alicyclic amines) is 1. The number of carbonyl (C=O) groups is 2. The number of carboxylic acids is 2. The van der Waals surface area contributed by atoms with Crippen LogP contribution in [-0.4, -0.2) is 47.2 Å². The van der Waals surface area contributed by atoms with Crippen LogP contribution in [0.15, 0.2) is 24.3 Å². The van der Waals surface area contributed by atoms with E-state index >= 15 is 0 Å². The van der Waals surface area contributed by atoms with E-state index in [1.807, 2.05) is 0 Å². The van der Waals surface area contributed by atoms with Crippen LogP contribution in [0.3, 0.4) is 0 Å². The van der Waals surface area contributed by atoms with Crippen LogP contribution in [0.2, 0.25) is 0 Å². The van der Waals surface area contributed by atoms with E-state index in [4.69, 9.17) is 10.2 Å². The van der Waals surface area contributed by atoms with Crippen LogP contribution in [0.1, 0.15) is 33.6 Å². The Labute approximate surface area is 106 Å². The normalized spacial score (nSPS) is 14.7. The van der Waals surface area contributed by atoms with Crippen LogP contribution >= 0.6 is 0 Å². The Bertz CT molecular complexity index is 392. The Balaban J connectivity index is 0.000000225. The highest BCUT2D eigenvalue weighted by Crippen LogP contribution is 2.07. The molecule has 1 aliphatic heterocycles. The number of rotatable bonds is 2. The highest BCUT2D eigenvalue weighted by atomic mass is 16.4. The second kappa shape index (κ2) is 6.76. The Morgan fingerprint density at radius 3 is 1.61 bits per heavy atom. The van der Waals surface area contributed by atoms with Gasteiger partial charge in [-0.25, -0.2) is 9.59 Å². The SMILES string of the molecule is CN1CCCC1.O=C(O)c1ccccc1C(=O)O. The van der Waals surface area contributed by atoms with Crippen molar-refractivity contribution in [1.29, 1.82) is 0 Å². The molecule has 2 rings (SSSR count). The summed E-state index contributed by atoms with van der Waals surface area (Å²) in [4.78, 5) is 23.3. The lowest BCUT2D eigenvalue weighted by Crippen LogP contribution is -2.10. The van der Waals surface area contributed by atoms with Gasteiger partial charge < -0.3 is 15.1 Å². The summed E-state index contributed by atoms with van der Waals surface area (Å²) in [7, 11) is 2.17. The Hall–Kier alpha value is -1.88. The van der Waals surface area contributed by atoms with Gasteiger partial charge in [0.05, 0.1) is 11.1 Å². The van der Waals surface area contributed by atoms with Gasteiger partial charge in [0.2, 0.25) is 0 Å². The fraction of sp³-hybridized carbons (Fsp3) is 0.385. The fourth-order valence-corrected chi connectivity index (χ4v) is 1.73. The van der Waals surface area contributed by atoms with E-state index < -0.39 is 11.9 Å². The standard InChI is InChI=1S/C8H6O4.C5H11N/c9-7(10)5-3-1-2-4-6(5)8(11)12;1-6-4-2-3-5-6/h1-4H,(H,9,10)(H,11,12);2-5H2,1H3. The van der Waals surface area contributed by atoms with Crippen LogP contribution in [-0.2, 0) is 0 Å². The molecule has 1 heterocycles. The van der Waals surface area contributed by atoms with Crippen molar-refractivity contribution in [1.82, 2.24) is 4.90 Å². The topological polar surface area (TPSA) is 77.8 Å². The predicted molar refractivity (Wildman–Crippen MR) is 67.1 cm³/mol. The zero-order valence-corrected chi connectivity index (χ0v) is 10.3. The van der Waals surface area contributed by atoms with Crippen LogP contribution in [0.25, 0.3) is 0 Å². The van der Waals surface area contributed by atoms with Gasteiger partial charge in [0.15, 0.2) is 0 Å². The van der Waals surface area contributed by atoms with Crippen molar-refractivity contribution >= 4 is 11.9 Å². The third kappa shape index (κ3) is 4.18. The summed E-state index contributed by atoms with van der Waals surface area (Å²) in [5, 5.41) is 17.1. The van der Waals surface area contributed by atoms with Crippen molar-refractivity contribution in [2.45, 2.75) is 12.8 Å². The summed E-state index contributed by atoms with van der Waals surface area (Å²) < 4.78 is 0. The zero-order valence-electron chi connectivity index (χ0n) is 10.3. The molecule has 1 aromatic carbocycles. The van der Waals surface area contributed by atoms with Gasteiger partial charge in [0.1, 0.15) is 0 Å². The molecule has 98 valence electrons. The van der Waals surface area contributed by atoms with Crippen molar-refractivity contribution in [2.75, 3.05) is 20.1 Å². The molecule has 2 N–H and O–H groups in total. The summed E-state index contributed by atoms with van der Waals surface area (Å²) in [6.45, 7) is 2.64. The Kier molecular flexibility index (Phi) is 5.32. The second-order valence-corrected chi connectivity index (χ2v) is 4.17. The van der Waals surface area contributed by atoms with Gasteiger partial charge in [0.25, 0.3) is 0 Å². The maximum Gasteiger partial charge on any atom is 0.336 e. The van der Waals surface area contributed by atoms with E-state index in [0.29, 0.717) is 0 Å². The second-order valence-electron chi connectivity index (χ2n) is 4.17. The highest BCUT2D eigenvalue weighted by Gasteiger charge is 2.13. The van der Waals surface area contributed by atoms with Crippen LogP contribution < -0.4 is 0 Å². The number of benzene rings is 1. The van der Waals surface area contributed by atoms with Gasteiger partial charge in [-0.15, -0.1) is 0 Å². The third-order valence-corrected chi connectivity index (χ3v) is 2.72. The first-order valence-electron chi connectivity index (χ1n) is 5.76. The number of hydrogen-bond acceptors (Lipinski definition) is 3. The summed E-state index contributed by atoms with van der Waals surface area (Å²) in [5.74, 6) is -2.46. The first-order chi connectivity index (χ1) is 8.52. The molecule has 1 fully saturated rings. The van der Waals surface area contributed by atoms with E-state index in [1.54, 1.807) is 0 Å². The van der Waals surface area contributed by atoms with Gasteiger partial charge in [0, 0.05) is 0 Å². The molecule has 18 heavy (non-hydrogen) atoms. The number of carboxylic acid groups (broad SMARTS) is 2. The lowest BCUT2D eigenvalue weighted by molar-refractivity contribution is 0.0651. The minimum atomic E-state index is -1.23. The number of nitrogens with zero attached hydrogens (tertiary/aromatic N) is 1. The summed E-state index contributed by atoms with van der Waals surface area (Å²) >= 11 is 0. The fourth-order valence-electron chi connectivity index (χ4n) is 1.73.